The number of rotatable bonds is 22. The van der Waals surface area contributed by atoms with Crippen LogP contribution in [0.5, 0.6) is 0 Å². The van der Waals surface area contributed by atoms with Crippen molar-refractivity contribution in [1.29, 1.82) is 0 Å². The maximum Gasteiger partial charge on any atom is 0.220 e. The molecule has 0 bridgehead atoms. The number of hydrogen-bond acceptors (Lipinski definition) is 2. The van der Waals surface area contributed by atoms with Crippen LogP contribution in [0.25, 0.3) is 0 Å². The largest absolute Gasteiger partial charge is 0.393 e. The molecule has 30 heavy (non-hydrogen) atoms. The second kappa shape index (κ2) is 21.7. The molecule has 180 valence electrons. The standard InChI is InChI=1S/C27H55NO2/c1-5-8-11-12-13-14-15-20-26(29)22-24(4)23-27(30)28-21-16-19-25(17-9-6-2)18-10-7-3/h24-26,29H,5-23H2,1-4H3,(H,28,30). The Hall–Kier alpha value is -0.570. The monoisotopic (exact) mass is 425 g/mol. The minimum absolute atomic E-state index is 0.157. The Bertz CT molecular complexity index is 364. The van der Waals surface area contributed by atoms with Crippen LogP contribution in [0.2, 0.25) is 0 Å². The molecule has 0 aromatic heterocycles. The van der Waals surface area contributed by atoms with E-state index in [1.807, 2.05) is 0 Å². The highest BCUT2D eigenvalue weighted by Crippen LogP contribution is 2.21. The number of carbonyl (C=O) groups is 1. The summed E-state index contributed by atoms with van der Waals surface area (Å²) in [6.07, 6.45) is 21.1. The number of aliphatic hydroxyl groups excluding tert-OH is 1. The number of nitrogens with one attached hydrogen (secondary N) is 1. The van der Waals surface area contributed by atoms with Gasteiger partial charge in [-0.25, -0.2) is 0 Å². The summed E-state index contributed by atoms with van der Waals surface area (Å²) >= 11 is 0. The summed E-state index contributed by atoms with van der Waals surface area (Å²) in [6, 6.07) is 0. The van der Waals surface area contributed by atoms with Crippen molar-refractivity contribution >= 4 is 5.91 Å². The molecule has 0 saturated carbocycles. The van der Waals surface area contributed by atoms with Crippen LogP contribution in [0.3, 0.4) is 0 Å². The molecule has 0 saturated heterocycles. The van der Waals surface area contributed by atoms with E-state index in [-0.39, 0.29) is 17.9 Å². The van der Waals surface area contributed by atoms with Crippen molar-refractivity contribution < 1.29 is 9.90 Å². The zero-order chi connectivity index (χ0) is 22.5. The first-order valence-corrected chi connectivity index (χ1v) is 13.5. The molecule has 0 aliphatic heterocycles. The minimum Gasteiger partial charge on any atom is -0.393 e. The fourth-order valence-electron chi connectivity index (χ4n) is 4.43. The smallest absolute Gasteiger partial charge is 0.220 e. The third kappa shape index (κ3) is 19.4. The summed E-state index contributed by atoms with van der Waals surface area (Å²) in [7, 11) is 0. The van der Waals surface area contributed by atoms with Gasteiger partial charge in [-0.2, -0.15) is 0 Å². The Morgan fingerprint density at radius 2 is 1.27 bits per heavy atom. The summed E-state index contributed by atoms with van der Waals surface area (Å²) in [5.41, 5.74) is 0. The second-order valence-electron chi connectivity index (χ2n) is 9.75. The molecule has 0 rings (SSSR count). The van der Waals surface area contributed by atoms with E-state index in [1.54, 1.807) is 0 Å². The lowest BCUT2D eigenvalue weighted by molar-refractivity contribution is -0.122. The van der Waals surface area contributed by atoms with E-state index in [4.69, 9.17) is 0 Å². The molecule has 0 aliphatic rings. The van der Waals surface area contributed by atoms with Crippen LogP contribution in [-0.4, -0.2) is 23.7 Å². The average Bonchev–Trinajstić information content (AvgIpc) is 2.71. The predicted molar refractivity (Wildman–Crippen MR) is 132 cm³/mol. The number of carbonyl (C=O) groups excluding carboxylic acids is 1. The van der Waals surface area contributed by atoms with Gasteiger partial charge in [0.15, 0.2) is 0 Å². The molecule has 0 aromatic carbocycles. The molecule has 0 aromatic rings. The quantitative estimate of drug-likeness (QED) is 0.174. The van der Waals surface area contributed by atoms with Crippen LogP contribution in [-0.2, 0) is 4.79 Å². The molecule has 2 unspecified atom stereocenters. The van der Waals surface area contributed by atoms with E-state index in [1.165, 1.54) is 83.5 Å². The van der Waals surface area contributed by atoms with Crippen molar-refractivity contribution in [3.8, 4) is 0 Å². The van der Waals surface area contributed by atoms with E-state index in [0.29, 0.717) is 6.42 Å². The molecule has 0 aliphatic carbocycles. The Morgan fingerprint density at radius 1 is 0.733 bits per heavy atom. The molecule has 0 spiro atoms. The van der Waals surface area contributed by atoms with Gasteiger partial charge in [0, 0.05) is 13.0 Å². The highest BCUT2D eigenvalue weighted by Gasteiger charge is 2.14. The fourth-order valence-corrected chi connectivity index (χ4v) is 4.43. The lowest BCUT2D eigenvalue weighted by Gasteiger charge is -2.18. The van der Waals surface area contributed by atoms with Gasteiger partial charge in [-0.15, -0.1) is 0 Å². The summed E-state index contributed by atoms with van der Waals surface area (Å²) in [6.45, 7) is 9.68. The van der Waals surface area contributed by atoms with Gasteiger partial charge in [0.1, 0.15) is 0 Å². The van der Waals surface area contributed by atoms with Gasteiger partial charge in [-0.3, -0.25) is 4.79 Å². The van der Waals surface area contributed by atoms with Crippen molar-refractivity contribution in [2.45, 2.75) is 149 Å². The highest BCUT2D eigenvalue weighted by molar-refractivity contribution is 5.76. The highest BCUT2D eigenvalue weighted by atomic mass is 16.3. The van der Waals surface area contributed by atoms with Crippen LogP contribution in [0.15, 0.2) is 0 Å². The van der Waals surface area contributed by atoms with Gasteiger partial charge in [0.25, 0.3) is 0 Å². The van der Waals surface area contributed by atoms with Crippen molar-refractivity contribution in [3.05, 3.63) is 0 Å². The average molecular weight is 426 g/mol. The lowest BCUT2D eigenvalue weighted by Crippen LogP contribution is -2.27. The molecule has 3 nitrogen and oxygen atoms in total. The SMILES string of the molecule is CCCCCCCCCC(O)CC(C)CC(=O)NCCCC(CCCC)CCCC. The topological polar surface area (TPSA) is 49.3 Å². The van der Waals surface area contributed by atoms with E-state index in [9.17, 15) is 9.90 Å². The van der Waals surface area contributed by atoms with E-state index in [2.05, 4.69) is 33.0 Å². The zero-order valence-corrected chi connectivity index (χ0v) is 21.0. The van der Waals surface area contributed by atoms with Crippen molar-refractivity contribution in [3.63, 3.8) is 0 Å². The summed E-state index contributed by atoms with van der Waals surface area (Å²) in [5, 5.41) is 13.4. The summed E-state index contributed by atoms with van der Waals surface area (Å²) in [5.74, 6) is 1.25. The van der Waals surface area contributed by atoms with Crippen molar-refractivity contribution in [2.24, 2.45) is 11.8 Å². The first-order valence-electron chi connectivity index (χ1n) is 13.5. The minimum atomic E-state index is -0.249. The van der Waals surface area contributed by atoms with Crippen LogP contribution in [0, 0.1) is 11.8 Å². The van der Waals surface area contributed by atoms with E-state index < -0.39 is 0 Å². The molecular formula is C27H55NO2. The van der Waals surface area contributed by atoms with Gasteiger partial charge >= 0.3 is 0 Å². The van der Waals surface area contributed by atoms with Gasteiger partial charge in [-0.1, -0.05) is 111 Å². The van der Waals surface area contributed by atoms with Crippen molar-refractivity contribution in [1.82, 2.24) is 5.32 Å². The Kier molecular flexibility index (Phi) is 21.2. The summed E-state index contributed by atoms with van der Waals surface area (Å²) < 4.78 is 0. The lowest BCUT2D eigenvalue weighted by atomic mass is 9.91. The molecule has 0 fully saturated rings. The molecule has 0 radical (unpaired) electrons. The van der Waals surface area contributed by atoms with Gasteiger partial charge in [-0.05, 0) is 37.5 Å². The first kappa shape index (κ1) is 29.4. The van der Waals surface area contributed by atoms with Crippen LogP contribution < -0.4 is 5.32 Å². The van der Waals surface area contributed by atoms with Crippen LogP contribution in [0.1, 0.15) is 143 Å². The third-order valence-corrected chi connectivity index (χ3v) is 6.39. The fraction of sp³-hybridized carbons (Fsp3) is 0.963. The first-order chi connectivity index (χ1) is 14.5. The number of hydrogen-bond donors (Lipinski definition) is 2. The molecule has 0 heterocycles. The van der Waals surface area contributed by atoms with E-state index in [0.717, 1.165) is 38.1 Å². The van der Waals surface area contributed by atoms with Crippen molar-refractivity contribution in [2.75, 3.05) is 6.54 Å². The van der Waals surface area contributed by atoms with Gasteiger partial charge < -0.3 is 10.4 Å². The van der Waals surface area contributed by atoms with Crippen LogP contribution in [0.4, 0.5) is 0 Å². The Balaban J connectivity index is 3.78. The molecular weight excluding hydrogens is 370 g/mol. The molecule has 3 heteroatoms. The molecule has 1 amide bonds. The second-order valence-corrected chi connectivity index (χ2v) is 9.75. The number of aliphatic hydroxyl groups is 1. The maximum atomic E-state index is 12.2. The summed E-state index contributed by atoms with van der Waals surface area (Å²) in [4.78, 5) is 12.2. The molecule has 2 atom stereocenters. The molecule has 2 N–H and O–H groups in total. The Morgan fingerprint density at radius 3 is 1.87 bits per heavy atom. The maximum absolute atomic E-state index is 12.2. The third-order valence-electron chi connectivity index (χ3n) is 6.39. The predicted octanol–water partition coefficient (Wildman–Crippen LogP) is 7.80. The van der Waals surface area contributed by atoms with E-state index >= 15 is 0 Å². The normalized spacial score (nSPS) is 13.5. The van der Waals surface area contributed by atoms with Crippen LogP contribution >= 0.6 is 0 Å². The number of unbranched alkanes of at least 4 members (excludes halogenated alkanes) is 8. The zero-order valence-electron chi connectivity index (χ0n) is 21.0. The van der Waals surface area contributed by atoms with Gasteiger partial charge in [0.2, 0.25) is 5.91 Å². The number of amides is 1. The van der Waals surface area contributed by atoms with Gasteiger partial charge in [0.05, 0.1) is 6.10 Å². The Labute approximate surface area is 189 Å².